The number of anilines is 2. The summed E-state index contributed by atoms with van der Waals surface area (Å²) in [5, 5.41) is 8.90. The first-order valence-electron chi connectivity index (χ1n) is 7.70. The van der Waals surface area contributed by atoms with Gasteiger partial charge in [-0.25, -0.2) is 0 Å². The van der Waals surface area contributed by atoms with E-state index in [0.717, 1.165) is 12.8 Å². The fourth-order valence-corrected chi connectivity index (χ4v) is 2.51. The van der Waals surface area contributed by atoms with Gasteiger partial charge in [0.2, 0.25) is 11.8 Å². The average Bonchev–Trinajstić information content (AvgIpc) is 3.32. The molecule has 3 N–H and O–H groups in total. The minimum atomic E-state index is -0.363. The van der Waals surface area contributed by atoms with E-state index in [9.17, 15) is 9.59 Å². The van der Waals surface area contributed by atoms with Crippen molar-refractivity contribution in [3.8, 4) is 0 Å². The van der Waals surface area contributed by atoms with E-state index in [4.69, 9.17) is 4.74 Å². The van der Waals surface area contributed by atoms with Crippen molar-refractivity contribution < 1.29 is 14.3 Å². The number of amides is 2. The predicted molar refractivity (Wildman–Crippen MR) is 83.6 cm³/mol. The molecule has 3 rings (SSSR count). The number of benzene rings is 1. The van der Waals surface area contributed by atoms with Gasteiger partial charge >= 0.3 is 0 Å². The van der Waals surface area contributed by atoms with E-state index in [1.807, 2.05) is 19.1 Å². The lowest BCUT2D eigenvalue weighted by Gasteiger charge is -2.29. The van der Waals surface area contributed by atoms with Crippen LogP contribution < -0.4 is 16.0 Å². The van der Waals surface area contributed by atoms with Gasteiger partial charge in [0, 0.05) is 23.8 Å². The largest absolute Gasteiger partial charge is 0.375 e. The van der Waals surface area contributed by atoms with Crippen LogP contribution in [0.2, 0.25) is 0 Å². The minimum absolute atomic E-state index is 0.0550. The molecule has 118 valence electrons. The molecule has 1 saturated heterocycles. The standard InChI is InChI=1S/C16H21N3O3/c1-10-14(17-7-8-22-10)16(21)19-13-4-2-3-12(9-13)18-15(20)11-5-6-11/h2-4,9-11,14,17H,5-8H2,1H3,(H,18,20)(H,19,21)/t10-,14+/m1/s1. The smallest absolute Gasteiger partial charge is 0.244 e. The van der Waals surface area contributed by atoms with Crippen LogP contribution in [0.4, 0.5) is 11.4 Å². The maximum atomic E-state index is 12.3. The van der Waals surface area contributed by atoms with Gasteiger partial charge in [-0.15, -0.1) is 0 Å². The topological polar surface area (TPSA) is 79.5 Å². The van der Waals surface area contributed by atoms with Gasteiger partial charge in [0.15, 0.2) is 0 Å². The Morgan fingerprint density at radius 2 is 1.86 bits per heavy atom. The third-order valence-electron chi connectivity index (χ3n) is 3.94. The monoisotopic (exact) mass is 303 g/mol. The van der Waals surface area contributed by atoms with Crippen molar-refractivity contribution in [3.05, 3.63) is 24.3 Å². The van der Waals surface area contributed by atoms with Gasteiger partial charge in [-0.05, 0) is 38.0 Å². The molecule has 1 aliphatic heterocycles. The second-order valence-corrected chi connectivity index (χ2v) is 5.84. The Balaban J connectivity index is 1.61. The Morgan fingerprint density at radius 1 is 1.18 bits per heavy atom. The highest BCUT2D eigenvalue weighted by Gasteiger charge is 2.30. The van der Waals surface area contributed by atoms with Crippen molar-refractivity contribution in [1.29, 1.82) is 0 Å². The molecule has 0 aromatic heterocycles. The summed E-state index contributed by atoms with van der Waals surface area (Å²) in [5.74, 6) is 0.0833. The van der Waals surface area contributed by atoms with Gasteiger partial charge in [-0.1, -0.05) is 6.07 Å². The Hall–Kier alpha value is -1.92. The second-order valence-electron chi connectivity index (χ2n) is 5.84. The molecule has 1 heterocycles. The number of hydrogen-bond acceptors (Lipinski definition) is 4. The molecule has 6 nitrogen and oxygen atoms in total. The quantitative estimate of drug-likeness (QED) is 0.784. The fraction of sp³-hybridized carbons (Fsp3) is 0.500. The molecule has 22 heavy (non-hydrogen) atoms. The molecule has 6 heteroatoms. The van der Waals surface area contributed by atoms with Gasteiger partial charge in [0.1, 0.15) is 6.04 Å². The number of ether oxygens (including phenoxy) is 1. The molecule has 2 aliphatic rings. The molecular formula is C16H21N3O3. The van der Waals surface area contributed by atoms with Crippen molar-refractivity contribution in [2.45, 2.75) is 31.9 Å². The molecule has 2 fully saturated rings. The van der Waals surface area contributed by atoms with Crippen LogP contribution in [0.15, 0.2) is 24.3 Å². The summed E-state index contributed by atoms with van der Waals surface area (Å²) in [6.07, 6.45) is 1.77. The SMILES string of the molecule is C[C@H]1OCCN[C@@H]1C(=O)Nc1cccc(NC(=O)C2CC2)c1. The summed E-state index contributed by atoms with van der Waals surface area (Å²) >= 11 is 0. The lowest BCUT2D eigenvalue weighted by molar-refractivity contribution is -0.123. The first-order chi connectivity index (χ1) is 10.6. The Kier molecular flexibility index (Phi) is 4.40. The van der Waals surface area contributed by atoms with Crippen LogP contribution >= 0.6 is 0 Å². The van der Waals surface area contributed by atoms with Crippen molar-refractivity contribution in [1.82, 2.24) is 5.32 Å². The molecule has 1 saturated carbocycles. The summed E-state index contributed by atoms with van der Waals surface area (Å²) in [5.41, 5.74) is 1.37. The molecule has 0 radical (unpaired) electrons. The average molecular weight is 303 g/mol. The molecule has 2 amide bonds. The third-order valence-corrected chi connectivity index (χ3v) is 3.94. The summed E-state index contributed by atoms with van der Waals surface area (Å²) in [6, 6.07) is 6.84. The van der Waals surface area contributed by atoms with E-state index < -0.39 is 0 Å². The van der Waals surface area contributed by atoms with E-state index in [2.05, 4.69) is 16.0 Å². The maximum Gasteiger partial charge on any atom is 0.244 e. The first-order valence-corrected chi connectivity index (χ1v) is 7.70. The normalized spacial score (nSPS) is 24.6. The van der Waals surface area contributed by atoms with E-state index in [0.29, 0.717) is 24.5 Å². The van der Waals surface area contributed by atoms with Crippen LogP contribution in [0.25, 0.3) is 0 Å². The fourth-order valence-electron chi connectivity index (χ4n) is 2.51. The maximum absolute atomic E-state index is 12.3. The number of carbonyl (C=O) groups excluding carboxylic acids is 2. The summed E-state index contributed by atoms with van der Waals surface area (Å²) in [7, 11) is 0. The van der Waals surface area contributed by atoms with E-state index in [-0.39, 0.29) is 29.9 Å². The number of carbonyl (C=O) groups is 2. The zero-order chi connectivity index (χ0) is 15.5. The number of nitrogens with one attached hydrogen (secondary N) is 3. The lowest BCUT2D eigenvalue weighted by Crippen LogP contribution is -2.53. The summed E-state index contributed by atoms with van der Waals surface area (Å²) in [4.78, 5) is 24.1. The van der Waals surface area contributed by atoms with E-state index in [1.54, 1.807) is 12.1 Å². The van der Waals surface area contributed by atoms with Crippen LogP contribution in [-0.2, 0) is 14.3 Å². The van der Waals surface area contributed by atoms with Gasteiger partial charge in [-0.2, -0.15) is 0 Å². The highest BCUT2D eigenvalue weighted by atomic mass is 16.5. The molecule has 0 unspecified atom stereocenters. The Bertz CT molecular complexity index is 572. The van der Waals surface area contributed by atoms with Crippen LogP contribution in [0.1, 0.15) is 19.8 Å². The van der Waals surface area contributed by atoms with Crippen LogP contribution in [-0.4, -0.2) is 37.1 Å². The molecule has 0 spiro atoms. The van der Waals surface area contributed by atoms with Crippen LogP contribution in [0.3, 0.4) is 0 Å². The van der Waals surface area contributed by atoms with E-state index in [1.165, 1.54) is 0 Å². The summed E-state index contributed by atoms with van der Waals surface area (Å²) in [6.45, 7) is 3.16. The van der Waals surface area contributed by atoms with Gasteiger partial charge < -0.3 is 20.7 Å². The highest BCUT2D eigenvalue weighted by molar-refractivity contribution is 5.97. The summed E-state index contributed by atoms with van der Waals surface area (Å²) < 4.78 is 5.48. The Labute approximate surface area is 129 Å². The third kappa shape index (κ3) is 3.64. The van der Waals surface area contributed by atoms with E-state index >= 15 is 0 Å². The molecule has 1 aromatic carbocycles. The van der Waals surface area contributed by atoms with Crippen LogP contribution in [0, 0.1) is 5.92 Å². The molecule has 0 bridgehead atoms. The molecule has 1 aliphatic carbocycles. The Morgan fingerprint density at radius 3 is 2.50 bits per heavy atom. The first kappa shape index (κ1) is 15.0. The molecule has 2 atom stereocenters. The predicted octanol–water partition coefficient (Wildman–Crippen LogP) is 1.35. The molecular weight excluding hydrogens is 282 g/mol. The minimum Gasteiger partial charge on any atom is -0.375 e. The zero-order valence-electron chi connectivity index (χ0n) is 12.6. The van der Waals surface area contributed by atoms with Crippen molar-refractivity contribution in [2.24, 2.45) is 5.92 Å². The number of rotatable bonds is 4. The second kappa shape index (κ2) is 6.46. The van der Waals surface area contributed by atoms with Crippen molar-refractivity contribution in [2.75, 3.05) is 23.8 Å². The van der Waals surface area contributed by atoms with Gasteiger partial charge in [0.25, 0.3) is 0 Å². The van der Waals surface area contributed by atoms with Crippen molar-refractivity contribution in [3.63, 3.8) is 0 Å². The van der Waals surface area contributed by atoms with Crippen LogP contribution in [0.5, 0.6) is 0 Å². The lowest BCUT2D eigenvalue weighted by atomic mass is 10.1. The zero-order valence-corrected chi connectivity index (χ0v) is 12.6. The van der Waals surface area contributed by atoms with Crippen molar-refractivity contribution >= 4 is 23.2 Å². The highest BCUT2D eigenvalue weighted by Crippen LogP contribution is 2.30. The van der Waals surface area contributed by atoms with Gasteiger partial charge in [0.05, 0.1) is 12.7 Å². The number of hydrogen-bond donors (Lipinski definition) is 3. The van der Waals surface area contributed by atoms with Gasteiger partial charge in [-0.3, -0.25) is 9.59 Å². The number of morpholine rings is 1. The molecule has 1 aromatic rings.